The molecule has 2 aromatic rings. The lowest BCUT2D eigenvalue weighted by Gasteiger charge is -2.24. The van der Waals surface area contributed by atoms with Gasteiger partial charge in [-0.25, -0.2) is 0 Å². The first kappa shape index (κ1) is 14.6. The number of amides is 1. The van der Waals surface area contributed by atoms with Gasteiger partial charge in [-0.2, -0.15) is 0 Å². The Hall–Kier alpha value is -1.80. The van der Waals surface area contributed by atoms with E-state index in [9.17, 15) is 4.79 Å². The molecule has 0 spiro atoms. The van der Waals surface area contributed by atoms with Crippen molar-refractivity contribution in [3.05, 3.63) is 65.2 Å². The van der Waals surface area contributed by atoms with Crippen molar-refractivity contribution in [2.75, 3.05) is 11.9 Å². The molecule has 0 radical (unpaired) electrons. The van der Waals surface area contributed by atoms with Crippen molar-refractivity contribution in [3.63, 3.8) is 0 Å². The number of likely N-dealkylation sites (N-methyl/N-ethyl adjacent to an activating group) is 1. The molecule has 0 bridgehead atoms. The maximum absolute atomic E-state index is 12.5. The summed E-state index contributed by atoms with van der Waals surface area (Å²) >= 11 is 6.31. The Morgan fingerprint density at radius 2 is 1.55 bits per heavy atom. The predicted molar refractivity (Wildman–Crippen MR) is 84.4 cm³/mol. The molecule has 20 heavy (non-hydrogen) atoms. The Morgan fingerprint density at radius 1 is 1.00 bits per heavy atom. The molecule has 1 atom stereocenters. The van der Waals surface area contributed by atoms with E-state index in [4.69, 9.17) is 11.6 Å². The standard InChI is InChI=1S/C17H18ClNO/c1-12-8-7-9-13(2)16(12)19(3)17(20)15(18)14-10-5-4-6-11-14/h4-11,15H,1-3H3/t15-/m0/s1. The van der Waals surface area contributed by atoms with Crippen LogP contribution in [0.25, 0.3) is 0 Å². The van der Waals surface area contributed by atoms with Crippen LogP contribution in [0.1, 0.15) is 22.1 Å². The zero-order chi connectivity index (χ0) is 14.7. The number of carbonyl (C=O) groups excluding carboxylic acids is 1. The summed E-state index contributed by atoms with van der Waals surface area (Å²) in [5, 5.41) is -0.666. The van der Waals surface area contributed by atoms with Crippen LogP contribution in [0, 0.1) is 13.8 Å². The van der Waals surface area contributed by atoms with Gasteiger partial charge >= 0.3 is 0 Å². The highest BCUT2D eigenvalue weighted by atomic mass is 35.5. The molecule has 2 rings (SSSR count). The average Bonchev–Trinajstić information content (AvgIpc) is 2.46. The van der Waals surface area contributed by atoms with E-state index in [0.29, 0.717) is 0 Å². The summed E-state index contributed by atoms with van der Waals surface area (Å²) in [6.07, 6.45) is 0. The number of aryl methyl sites for hydroxylation is 2. The summed E-state index contributed by atoms with van der Waals surface area (Å²) in [6, 6.07) is 15.4. The number of alkyl halides is 1. The van der Waals surface area contributed by atoms with Crippen molar-refractivity contribution in [2.45, 2.75) is 19.2 Å². The van der Waals surface area contributed by atoms with E-state index in [1.807, 2.05) is 62.4 Å². The fraction of sp³-hybridized carbons (Fsp3) is 0.235. The topological polar surface area (TPSA) is 20.3 Å². The van der Waals surface area contributed by atoms with Gasteiger partial charge in [0.1, 0.15) is 5.38 Å². The smallest absolute Gasteiger partial charge is 0.249 e. The Kier molecular flexibility index (Phi) is 4.46. The Labute approximate surface area is 125 Å². The number of para-hydroxylation sites is 1. The fourth-order valence-corrected chi connectivity index (χ4v) is 2.67. The summed E-state index contributed by atoms with van der Waals surface area (Å²) in [7, 11) is 1.77. The van der Waals surface area contributed by atoms with Gasteiger partial charge in [-0.1, -0.05) is 48.5 Å². The van der Waals surface area contributed by atoms with E-state index < -0.39 is 5.38 Å². The summed E-state index contributed by atoms with van der Waals surface area (Å²) in [4.78, 5) is 14.2. The Morgan fingerprint density at radius 3 is 2.10 bits per heavy atom. The number of rotatable bonds is 3. The van der Waals surface area contributed by atoms with Crippen LogP contribution in [0.3, 0.4) is 0 Å². The minimum absolute atomic E-state index is 0.115. The molecule has 0 unspecified atom stereocenters. The lowest BCUT2D eigenvalue weighted by atomic mass is 10.1. The largest absolute Gasteiger partial charge is 0.313 e. The molecule has 104 valence electrons. The number of carbonyl (C=O) groups is 1. The molecule has 0 aliphatic rings. The van der Waals surface area contributed by atoms with Crippen molar-refractivity contribution in [3.8, 4) is 0 Å². The molecular formula is C17H18ClNO. The molecule has 0 aliphatic heterocycles. The third-order valence-corrected chi connectivity index (χ3v) is 3.85. The Balaban J connectivity index is 2.29. The van der Waals surface area contributed by atoms with E-state index >= 15 is 0 Å². The third kappa shape index (κ3) is 2.86. The van der Waals surface area contributed by atoms with Crippen LogP contribution in [0.5, 0.6) is 0 Å². The zero-order valence-corrected chi connectivity index (χ0v) is 12.7. The average molecular weight is 288 g/mol. The van der Waals surface area contributed by atoms with Crippen LogP contribution in [0.4, 0.5) is 5.69 Å². The van der Waals surface area contributed by atoms with Gasteiger partial charge in [-0.15, -0.1) is 11.6 Å². The lowest BCUT2D eigenvalue weighted by Crippen LogP contribution is -2.30. The monoisotopic (exact) mass is 287 g/mol. The second-order valence-electron chi connectivity index (χ2n) is 4.91. The molecule has 0 saturated carbocycles. The summed E-state index contributed by atoms with van der Waals surface area (Å²) in [5.41, 5.74) is 3.88. The number of anilines is 1. The van der Waals surface area contributed by atoms with Gasteiger partial charge in [-0.05, 0) is 30.5 Å². The van der Waals surface area contributed by atoms with Gasteiger partial charge in [0.25, 0.3) is 0 Å². The van der Waals surface area contributed by atoms with Crippen molar-refractivity contribution in [2.24, 2.45) is 0 Å². The molecule has 2 nitrogen and oxygen atoms in total. The zero-order valence-electron chi connectivity index (χ0n) is 11.9. The second-order valence-corrected chi connectivity index (χ2v) is 5.35. The fourth-order valence-electron chi connectivity index (χ4n) is 2.38. The number of nitrogens with zero attached hydrogens (tertiary/aromatic N) is 1. The SMILES string of the molecule is Cc1cccc(C)c1N(C)C(=O)[C@@H](Cl)c1ccccc1. The van der Waals surface area contributed by atoms with Crippen molar-refractivity contribution in [1.82, 2.24) is 0 Å². The molecule has 0 aliphatic carbocycles. The van der Waals surface area contributed by atoms with Gasteiger partial charge in [0.05, 0.1) is 0 Å². The molecule has 3 heteroatoms. The first-order chi connectivity index (χ1) is 9.52. The number of benzene rings is 2. The number of hydrogen-bond acceptors (Lipinski definition) is 1. The van der Waals surface area contributed by atoms with Crippen molar-refractivity contribution < 1.29 is 4.79 Å². The van der Waals surface area contributed by atoms with Crippen LogP contribution in [-0.2, 0) is 4.79 Å². The molecule has 2 aromatic carbocycles. The third-order valence-electron chi connectivity index (χ3n) is 3.41. The quantitative estimate of drug-likeness (QED) is 0.773. The highest BCUT2D eigenvalue weighted by molar-refractivity contribution is 6.32. The van der Waals surface area contributed by atoms with E-state index in [2.05, 4.69) is 0 Å². The van der Waals surface area contributed by atoms with Crippen LogP contribution in [0.15, 0.2) is 48.5 Å². The molecule has 0 fully saturated rings. The predicted octanol–water partition coefficient (Wildman–Crippen LogP) is 4.25. The van der Waals surface area contributed by atoms with Gasteiger partial charge in [-0.3, -0.25) is 4.79 Å². The van der Waals surface area contributed by atoms with Crippen LogP contribution in [0.2, 0.25) is 0 Å². The molecule has 0 saturated heterocycles. The van der Waals surface area contributed by atoms with Crippen molar-refractivity contribution in [1.29, 1.82) is 0 Å². The van der Waals surface area contributed by atoms with E-state index in [0.717, 1.165) is 22.4 Å². The van der Waals surface area contributed by atoms with E-state index in [1.54, 1.807) is 11.9 Å². The normalized spacial score (nSPS) is 12.0. The first-order valence-electron chi connectivity index (χ1n) is 6.55. The summed E-state index contributed by atoms with van der Waals surface area (Å²) < 4.78 is 0. The summed E-state index contributed by atoms with van der Waals surface area (Å²) in [5.74, 6) is -0.115. The molecule has 0 heterocycles. The second kappa shape index (κ2) is 6.10. The van der Waals surface area contributed by atoms with Gasteiger partial charge < -0.3 is 4.90 Å². The molecule has 0 aromatic heterocycles. The minimum atomic E-state index is -0.666. The van der Waals surface area contributed by atoms with Gasteiger partial charge in [0.2, 0.25) is 5.91 Å². The lowest BCUT2D eigenvalue weighted by molar-refractivity contribution is -0.118. The van der Waals surface area contributed by atoms with Crippen molar-refractivity contribution >= 4 is 23.2 Å². The van der Waals surface area contributed by atoms with Gasteiger partial charge in [0, 0.05) is 12.7 Å². The minimum Gasteiger partial charge on any atom is -0.313 e. The van der Waals surface area contributed by atoms with Gasteiger partial charge in [0.15, 0.2) is 0 Å². The van der Waals surface area contributed by atoms with Crippen LogP contribution < -0.4 is 4.90 Å². The highest BCUT2D eigenvalue weighted by Gasteiger charge is 2.23. The van der Waals surface area contributed by atoms with E-state index in [1.165, 1.54) is 0 Å². The molecular weight excluding hydrogens is 270 g/mol. The van der Waals surface area contributed by atoms with Crippen LogP contribution in [-0.4, -0.2) is 13.0 Å². The molecule has 1 amide bonds. The highest BCUT2D eigenvalue weighted by Crippen LogP contribution is 2.29. The van der Waals surface area contributed by atoms with Crippen LogP contribution >= 0.6 is 11.6 Å². The van der Waals surface area contributed by atoms with E-state index in [-0.39, 0.29) is 5.91 Å². The molecule has 0 N–H and O–H groups in total. The first-order valence-corrected chi connectivity index (χ1v) is 6.99. The maximum Gasteiger partial charge on any atom is 0.249 e. The Bertz CT molecular complexity index is 589. The summed E-state index contributed by atoms with van der Waals surface area (Å²) in [6.45, 7) is 4.00. The number of hydrogen-bond donors (Lipinski definition) is 0. The maximum atomic E-state index is 12.5. The number of halogens is 1.